The maximum absolute atomic E-state index is 2.25. The summed E-state index contributed by atoms with van der Waals surface area (Å²) in [6, 6.07) is 8.80. The van der Waals surface area contributed by atoms with E-state index in [1.165, 1.54) is 18.6 Å². The first kappa shape index (κ1) is 9.97. The standard InChI is InChI=1S/C12H12SSe/c1-9-3-5-11(13-9)6-8-12-7-4-10(2)14-12/h3-8H,1-2H3/b8-6+. The third-order valence-corrected chi connectivity index (χ3v) is 4.93. The SMILES string of the molecule is Cc1ccc(/C=C/c2ccc(C)[se]2)s1. The monoisotopic (exact) mass is 268 g/mol. The van der Waals surface area contributed by atoms with Crippen molar-refractivity contribution >= 4 is 38.0 Å². The Morgan fingerprint density at radius 2 is 1.93 bits per heavy atom. The Bertz CT molecular complexity index is 406. The topological polar surface area (TPSA) is 0 Å². The molecule has 0 saturated heterocycles. The van der Waals surface area contributed by atoms with Gasteiger partial charge >= 0.3 is 94.7 Å². The van der Waals surface area contributed by atoms with Gasteiger partial charge in [0.25, 0.3) is 0 Å². The first-order valence-electron chi connectivity index (χ1n) is 4.55. The van der Waals surface area contributed by atoms with Crippen molar-refractivity contribution in [1.29, 1.82) is 0 Å². The van der Waals surface area contributed by atoms with E-state index in [4.69, 9.17) is 0 Å². The Kier molecular flexibility index (Phi) is 3.07. The molecule has 0 radical (unpaired) electrons. The Morgan fingerprint density at radius 1 is 1.07 bits per heavy atom. The van der Waals surface area contributed by atoms with Crippen LogP contribution in [-0.2, 0) is 0 Å². The summed E-state index contributed by atoms with van der Waals surface area (Å²) in [7, 11) is 0. The third kappa shape index (κ3) is 2.48. The molecule has 0 aliphatic carbocycles. The Morgan fingerprint density at radius 3 is 2.50 bits per heavy atom. The number of rotatable bonds is 2. The molecule has 0 nitrogen and oxygen atoms in total. The molecule has 2 aromatic heterocycles. The summed E-state index contributed by atoms with van der Waals surface area (Å²) in [6.07, 6.45) is 4.47. The fraction of sp³-hybridized carbons (Fsp3) is 0.167. The van der Waals surface area contributed by atoms with Gasteiger partial charge in [0.15, 0.2) is 0 Å². The molecular weight excluding hydrogens is 255 g/mol. The van der Waals surface area contributed by atoms with Gasteiger partial charge in [0.05, 0.1) is 0 Å². The number of thiophene rings is 1. The summed E-state index contributed by atoms with van der Waals surface area (Å²) >= 11 is 2.42. The molecule has 14 heavy (non-hydrogen) atoms. The molecule has 0 fully saturated rings. The van der Waals surface area contributed by atoms with Crippen LogP contribution in [0, 0.1) is 13.8 Å². The Labute approximate surface area is 94.7 Å². The molecule has 72 valence electrons. The molecule has 0 amide bonds. The van der Waals surface area contributed by atoms with Crippen LogP contribution in [0.1, 0.15) is 18.6 Å². The fourth-order valence-corrected chi connectivity index (χ4v) is 3.67. The molecule has 2 heterocycles. The molecule has 0 unspecified atom stereocenters. The van der Waals surface area contributed by atoms with Crippen molar-refractivity contribution in [1.82, 2.24) is 0 Å². The maximum atomic E-state index is 2.25. The van der Waals surface area contributed by atoms with E-state index in [1.807, 2.05) is 11.3 Å². The van der Waals surface area contributed by atoms with Crippen LogP contribution < -0.4 is 0 Å². The molecule has 0 atom stereocenters. The Balaban J connectivity index is 2.14. The normalized spacial score (nSPS) is 11.3. The first-order valence-corrected chi connectivity index (χ1v) is 7.08. The van der Waals surface area contributed by atoms with E-state index >= 15 is 0 Å². The van der Waals surface area contributed by atoms with Crippen LogP contribution >= 0.6 is 11.3 Å². The van der Waals surface area contributed by atoms with Gasteiger partial charge in [-0.3, -0.25) is 0 Å². The molecule has 0 spiro atoms. The van der Waals surface area contributed by atoms with E-state index in [0.29, 0.717) is 14.5 Å². The van der Waals surface area contributed by atoms with Gasteiger partial charge in [0.2, 0.25) is 0 Å². The van der Waals surface area contributed by atoms with Crippen LogP contribution in [0.15, 0.2) is 24.3 Å². The average Bonchev–Trinajstić information content (AvgIpc) is 2.72. The van der Waals surface area contributed by atoms with E-state index in [9.17, 15) is 0 Å². The molecule has 0 aromatic carbocycles. The van der Waals surface area contributed by atoms with Gasteiger partial charge in [-0.1, -0.05) is 0 Å². The van der Waals surface area contributed by atoms with E-state index in [-0.39, 0.29) is 0 Å². The molecule has 2 heteroatoms. The molecule has 0 bridgehead atoms. The molecular formula is C12H12SSe. The predicted molar refractivity (Wildman–Crippen MR) is 66.1 cm³/mol. The Hall–Kier alpha value is -0.561. The molecule has 2 aromatic rings. The van der Waals surface area contributed by atoms with E-state index in [2.05, 4.69) is 50.3 Å². The summed E-state index contributed by atoms with van der Waals surface area (Å²) in [4.78, 5) is 2.73. The van der Waals surface area contributed by atoms with Crippen molar-refractivity contribution < 1.29 is 0 Å². The molecule has 0 aliphatic rings. The minimum atomic E-state index is 0.572. The van der Waals surface area contributed by atoms with Crippen molar-refractivity contribution in [3.8, 4) is 0 Å². The van der Waals surface area contributed by atoms with E-state index in [1.54, 1.807) is 0 Å². The van der Waals surface area contributed by atoms with Crippen LogP contribution in [0.5, 0.6) is 0 Å². The second kappa shape index (κ2) is 4.31. The number of hydrogen-bond donors (Lipinski definition) is 0. The van der Waals surface area contributed by atoms with E-state index < -0.39 is 0 Å². The summed E-state index contributed by atoms with van der Waals surface area (Å²) < 4.78 is 2.99. The summed E-state index contributed by atoms with van der Waals surface area (Å²) in [6.45, 7) is 4.35. The van der Waals surface area contributed by atoms with Gasteiger partial charge in [0.1, 0.15) is 0 Å². The second-order valence-corrected chi connectivity index (χ2v) is 7.32. The van der Waals surface area contributed by atoms with Crippen LogP contribution in [0.4, 0.5) is 0 Å². The summed E-state index contributed by atoms with van der Waals surface area (Å²) in [5.74, 6) is 0. The third-order valence-electron chi connectivity index (χ3n) is 1.93. The van der Waals surface area contributed by atoms with Crippen LogP contribution in [-0.4, -0.2) is 14.5 Å². The number of hydrogen-bond acceptors (Lipinski definition) is 1. The van der Waals surface area contributed by atoms with Crippen LogP contribution in [0.3, 0.4) is 0 Å². The summed E-state index contributed by atoms with van der Waals surface area (Å²) in [5.41, 5.74) is 0. The molecule has 0 saturated carbocycles. The zero-order valence-corrected chi connectivity index (χ0v) is 10.8. The molecule has 2 rings (SSSR count). The quantitative estimate of drug-likeness (QED) is 0.729. The van der Waals surface area contributed by atoms with Gasteiger partial charge in [0, 0.05) is 0 Å². The van der Waals surface area contributed by atoms with Gasteiger partial charge < -0.3 is 0 Å². The zero-order chi connectivity index (χ0) is 9.97. The van der Waals surface area contributed by atoms with Gasteiger partial charge in [-0.05, 0) is 0 Å². The number of aryl methyl sites for hydroxylation is 2. The predicted octanol–water partition coefficient (Wildman–Crippen LogP) is 3.59. The van der Waals surface area contributed by atoms with Crippen LogP contribution in [0.2, 0.25) is 0 Å². The molecule has 0 aliphatic heterocycles. The van der Waals surface area contributed by atoms with Crippen molar-refractivity contribution in [2.75, 3.05) is 0 Å². The fourth-order valence-electron chi connectivity index (χ4n) is 1.25. The second-order valence-electron chi connectivity index (χ2n) is 3.23. The van der Waals surface area contributed by atoms with Gasteiger partial charge in [-0.2, -0.15) is 0 Å². The van der Waals surface area contributed by atoms with Crippen molar-refractivity contribution in [3.05, 3.63) is 42.9 Å². The minimum absolute atomic E-state index is 0.572. The van der Waals surface area contributed by atoms with Crippen molar-refractivity contribution in [2.24, 2.45) is 0 Å². The first-order chi connectivity index (χ1) is 6.74. The van der Waals surface area contributed by atoms with Crippen LogP contribution in [0.25, 0.3) is 12.2 Å². The molecule has 0 N–H and O–H groups in total. The van der Waals surface area contributed by atoms with Gasteiger partial charge in [-0.15, -0.1) is 0 Å². The summed E-state index contributed by atoms with van der Waals surface area (Å²) in [5, 5.41) is 0. The van der Waals surface area contributed by atoms with Crippen molar-refractivity contribution in [2.45, 2.75) is 13.8 Å². The van der Waals surface area contributed by atoms with Gasteiger partial charge in [-0.25, -0.2) is 0 Å². The van der Waals surface area contributed by atoms with Crippen molar-refractivity contribution in [3.63, 3.8) is 0 Å². The van der Waals surface area contributed by atoms with E-state index in [0.717, 1.165) is 0 Å². The average molecular weight is 267 g/mol. The zero-order valence-electron chi connectivity index (χ0n) is 8.28.